The fourth-order valence-corrected chi connectivity index (χ4v) is 3.39. The molecule has 2 amide bonds. The van der Waals surface area contributed by atoms with Crippen LogP contribution in [0.15, 0.2) is 60.7 Å². The van der Waals surface area contributed by atoms with Crippen LogP contribution in [0.25, 0.3) is 0 Å². The van der Waals surface area contributed by atoms with Crippen LogP contribution < -0.4 is 5.32 Å². The van der Waals surface area contributed by atoms with Gasteiger partial charge in [-0.05, 0) is 30.4 Å². The Hall–Kier alpha value is -2.29. The summed E-state index contributed by atoms with van der Waals surface area (Å²) in [6.45, 7) is 2.37. The first-order chi connectivity index (χ1) is 11.8. The van der Waals surface area contributed by atoms with Crippen molar-refractivity contribution in [2.45, 2.75) is 31.6 Å². The highest BCUT2D eigenvalue weighted by molar-refractivity contribution is 5.74. The topological polar surface area (TPSA) is 32.3 Å². The molecule has 24 heavy (non-hydrogen) atoms. The lowest BCUT2D eigenvalue weighted by atomic mass is 9.94. The molecule has 1 aliphatic heterocycles. The maximum absolute atomic E-state index is 12.5. The molecule has 2 aromatic rings. The number of nitrogens with one attached hydrogen (secondary N) is 1. The highest BCUT2D eigenvalue weighted by Gasteiger charge is 2.22. The maximum atomic E-state index is 12.5. The van der Waals surface area contributed by atoms with Crippen molar-refractivity contribution in [3.05, 3.63) is 71.8 Å². The van der Waals surface area contributed by atoms with Gasteiger partial charge < -0.3 is 10.2 Å². The molecule has 2 aromatic carbocycles. The second-order valence-corrected chi connectivity index (χ2v) is 6.52. The van der Waals surface area contributed by atoms with Crippen LogP contribution in [-0.4, -0.2) is 30.6 Å². The van der Waals surface area contributed by atoms with Gasteiger partial charge >= 0.3 is 6.03 Å². The molecular formula is C21H26N2O. The number of amides is 2. The minimum Gasteiger partial charge on any atom is -0.338 e. The van der Waals surface area contributed by atoms with Gasteiger partial charge in [-0.3, -0.25) is 0 Å². The second kappa shape index (κ2) is 8.53. The summed E-state index contributed by atoms with van der Waals surface area (Å²) in [5.41, 5.74) is 2.61. The van der Waals surface area contributed by atoms with E-state index in [1.807, 2.05) is 29.2 Å². The lowest BCUT2D eigenvalue weighted by Crippen LogP contribution is -2.42. The molecule has 126 valence electrons. The summed E-state index contributed by atoms with van der Waals surface area (Å²) in [6.07, 6.45) is 4.32. The van der Waals surface area contributed by atoms with Crippen LogP contribution in [0.3, 0.4) is 0 Å². The first-order valence-electron chi connectivity index (χ1n) is 8.94. The zero-order valence-corrected chi connectivity index (χ0v) is 14.2. The number of rotatable bonds is 4. The van der Waals surface area contributed by atoms with Crippen molar-refractivity contribution in [3.63, 3.8) is 0 Å². The summed E-state index contributed by atoms with van der Waals surface area (Å²) in [5.74, 6) is 0.452. The van der Waals surface area contributed by atoms with Gasteiger partial charge in [0.05, 0.1) is 0 Å². The average molecular weight is 322 g/mol. The number of likely N-dealkylation sites (tertiary alicyclic amines) is 1. The molecule has 0 bridgehead atoms. The van der Waals surface area contributed by atoms with Crippen LogP contribution in [0.2, 0.25) is 0 Å². The number of benzene rings is 2. The molecule has 3 rings (SSSR count). The Morgan fingerprint density at radius 1 is 1.00 bits per heavy atom. The van der Waals surface area contributed by atoms with Crippen LogP contribution >= 0.6 is 0 Å². The molecule has 1 fully saturated rings. The standard InChI is InChI=1S/C21H26N2O/c24-21(22-15-14-18-9-3-1-4-10-18)23-16-8-7-13-20(17-23)19-11-5-2-6-12-19/h1-6,9-12,20H,7-8,13-17H2,(H,22,24). The Balaban J connectivity index is 1.53. The van der Waals surface area contributed by atoms with Gasteiger partial charge in [0.1, 0.15) is 0 Å². The van der Waals surface area contributed by atoms with Crippen LogP contribution in [0, 0.1) is 0 Å². The van der Waals surface area contributed by atoms with Gasteiger partial charge in [-0.25, -0.2) is 4.79 Å². The Labute approximate surface area is 144 Å². The molecule has 1 saturated heterocycles. The summed E-state index contributed by atoms with van der Waals surface area (Å²) in [5, 5.41) is 3.09. The summed E-state index contributed by atoms with van der Waals surface area (Å²) in [6, 6.07) is 21.0. The van der Waals surface area contributed by atoms with Crippen molar-refractivity contribution in [1.29, 1.82) is 0 Å². The molecule has 3 heteroatoms. The lowest BCUT2D eigenvalue weighted by Gasteiger charge is -2.25. The summed E-state index contributed by atoms with van der Waals surface area (Å²) < 4.78 is 0. The third kappa shape index (κ3) is 4.60. The SMILES string of the molecule is O=C(NCCc1ccccc1)N1CCCCC(c2ccccc2)C1. The van der Waals surface area contributed by atoms with Gasteiger partial charge in [0.15, 0.2) is 0 Å². The number of carbonyl (C=O) groups excluding carboxylic acids is 1. The Kier molecular flexibility index (Phi) is 5.89. The van der Waals surface area contributed by atoms with E-state index in [0.717, 1.165) is 32.4 Å². The molecular weight excluding hydrogens is 296 g/mol. The molecule has 1 atom stereocenters. The van der Waals surface area contributed by atoms with Crippen molar-refractivity contribution >= 4 is 6.03 Å². The average Bonchev–Trinajstić information content (AvgIpc) is 2.90. The van der Waals surface area contributed by atoms with Crippen molar-refractivity contribution in [2.24, 2.45) is 0 Å². The van der Waals surface area contributed by atoms with Gasteiger partial charge in [-0.2, -0.15) is 0 Å². The first-order valence-corrected chi connectivity index (χ1v) is 8.94. The molecule has 0 aromatic heterocycles. The number of urea groups is 1. The van der Waals surface area contributed by atoms with Gasteiger partial charge in [0, 0.05) is 25.6 Å². The summed E-state index contributed by atoms with van der Waals surface area (Å²) >= 11 is 0. The lowest BCUT2D eigenvalue weighted by molar-refractivity contribution is 0.197. The fourth-order valence-electron chi connectivity index (χ4n) is 3.39. The van der Waals surface area contributed by atoms with E-state index in [2.05, 4.69) is 41.7 Å². The molecule has 1 aliphatic rings. The van der Waals surface area contributed by atoms with Crippen LogP contribution in [-0.2, 0) is 6.42 Å². The highest BCUT2D eigenvalue weighted by atomic mass is 16.2. The van der Waals surface area contributed by atoms with E-state index < -0.39 is 0 Å². The Morgan fingerprint density at radius 2 is 1.71 bits per heavy atom. The van der Waals surface area contributed by atoms with E-state index in [1.54, 1.807) is 0 Å². The van der Waals surface area contributed by atoms with Gasteiger partial charge in [0.25, 0.3) is 0 Å². The van der Waals surface area contributed by atoms with Crippen LogP contribution in [0.4, 0.5) is 4.79 Å². The third-order valence-corrected chi connectivity index (χ3v) is 4.76. The number of nitrogens with zero attached hydrogens (tertiary/aromatic N) is 1. The molecule has 0 radical (unpaired) electrons. The van der Waals surface area contributed by atoms with Gasteiger partial charge in [-0.15, -0.1) is 0 Å². The molecule has 0 spiro atoms. The van der Waals surface area contributed by atoms with Crippen molar-refractivity contribution in [2.75, 3.05) is 19.6 Å². The van der Waals surface area contributed by atoms with E-state index in [0.29, 0.717) is 12.5 Å². The minimum atomic E-state index is 0.0776. The predicted molar refractivity (Wildman–Crippen MR) is 98.2 cm³/mol. The highest BCUT2D eigenvalue weighted by Crippen LogP contribution is 2.26. The number of hydrogen-bond donors (Lipinski definition) is 1. The van der Waals surface area contributed by atoms with E-state index in [4.69, 9.17) is 0 Å². The van der Waals surface area contributed by atoms with Crippen molar-refractivity contribution in [3.8, 4) is 0 Å². The van der Waals surface area contributed by atoms with Gasteiger partial charge in [-0.1, -0.05) is 67.1 Å². The van der Waals surface area contributed by atoms with Gasteiger partial charge in [0.2, 0.25) is 0 Å². The molecule has 0 saturated carbocycles. The van der Waals surface area contributed by atoms with E-state index in [9.17, 15) is 4.79 Å². The molecule has 1 unspecified atom stereocenters. The monoisotopic (exact) mass is 322 g/mol. The minimum absolute atomic E-state index is 0.0776. The first kappa shape index (κ1) is 16.6. The molecule has 1 heterocycles. The molecule has 3 nitrogen and oxygen atoms in total. The Bertz CT molecular complexity index is 627. The normalized spacial score (nSPS) is 18.0. The number of carbonyl (C=O) groups is 1. The third-order valence-electron chi connectivity index (χ3n) is 4.76. The summed E-state index contributed by atoms with van der Waals surface area (Å²) in [7, 11) is 0. The predicted octanol–water partition coefficient (Wildman–Crippen LogP) is 4.21. The largest absolute Gasteiger partial charge is 0.338 e. The molecule has 0 aliphatic carbocycles. The second-order valence-electron chi connectivity index (χ2n) is 6.52. The molecule has 1 N–H and O–H groups in total. The Morgan fingerprint density at radius 3 is 2.46 bits per heavy atom. The zero-order valence-electron chi connectivity index (χ0n) is 14.2. The smallest absolute Gasteiger partial charge is 0.317 e. The summed E-state index contributed by atoms with van der Waals surface area (Å²) in [4.78, 5) is 14.5. The van der Waals surface area contributed by atoms with E-state index >= 15 is 0 Å². The van der Waals surface area contributed by atoms with Crippen molar-refractivity contribution < 1.29 is 4.79 Å². The van der Waals surface area contributed by atoms with Crippen LogP contribution in [0.1, 0.15) is 36.3 Å². The fraction of sp³-hybridized carbons (Fsp3) is 0.381. The van der Waals surface area contributed by atoms with Crippen molar-refractivity contribution in [1.82, 2.24) is 10.2 Å². The maximum Gasteiger partial charge on any atom is 0.317 e. The number of hydrogen-bond acceptors (Lipinski definition) is 1. The van der Waals surface area contributed by atoms with E-state index in [-0.39, 0.29) is 6.03 Å². The van der Waals surface area contributed by atoms with E-state index in [1.165, 1.54) is 17.5 Å². The quantitative estimate of drug-likeness (QED) is 0.898. The zero-order chi connectivity index (χ0) is 16.6. The van der Waals surface area contributed by atoms with Crippen LogP contribution in [0.5, 0.6) is 0 Å².